The van der Waals surface area contributed by atoms with Crippen LogP contribution in [0, 0.1) is 5.92 Å². The number of esters is 2. The van der Waals surface area contributed by atoms with Gasteiger partial charge in [0.2, 0.25) is 0 Å². The van der Waals surface area contributed by atoms with Gasteiger partial charge in [-0.3, -0.25) is 9.59 Å². The van der Waals surface area contributed by atoms with Crippen molar-refractivity contribution in [3.63, 3.8) is 0 Å². The molecule has 0 aromatic heterocycles. The number of carbonyl (C=O) groups is 2. The quantitative estimate of drug-likeness (QED) is 0.0457. The Balaban J connectivity index is 3.71. The molecule has 0 aromatic rings. The van der Waals surface area contributed by atoms with Crippen LogP contribution < -0.4 is 0 Å². The Morgan fingerprint density at radius 1 is 0.614 bits per heavy atom. The third kappa shape index (κ3) is 31.3. The Morgan fingerprint density at radius 2 is 1.11 bits per heavy atom. The highest BCUT2D eigenvalue weighted by atomic mass is 16.6. The first kappa shape index (κ1) is 41.8. The molecular formula is C38H66O6. The Labute approximate surface area is 270 Å². The molecule has 44 heavy (non-hydrogen) atoms. The molecule has 0 bridgehead atoms. The summed E-state index contributed by atoms with van der Waals surface area (Å²) in [4.78, 5) is 24.1. The van der Waals surface area contributed by atoms with Crippen LogP contribution in [-0.2, 0) is 19.1 Å². The number of allylic oxidation sites excluding steroid dienone is 8. The van der Waals surface area contributed by atoms with Crippen LogP contribution in [0.4, 0.5) is 0 Å². The maximum atomic E-state index is 12.1. The third-order valence-electron chi connectivity index (χ3n) is 7.72. The number of unbranched alkanes of at least 4 members (excludes halogenated alkanes) is 11. The van der Waals surface area contributed by atoms with Crippen molar-refractivity contribution >= 4 is 11.9 Å². The van der Waals surface area contributed by atoms with Crippen molar-refractivity contribution in [2.24, 2.45) is 5.92 Å². The van der Waals surface area contributed by atoms with Crippen molar-refractivity contribution in [3.05, 3.63) is 48.6 Å². The van der Waals surface area contributed by atoms with Crippen LogP contribution in [0.1, 0.15) is 149 Å². The molecule has 0 aromatic carbocycles. The summed E-state index contributed by atoms with van der Waals surface area (Å²) in [6.45, 7) is 4.42. The number of carbonyl (C=O) groups excluding carboxylic acids is 2. The van der Waals surface area contributed by atoms with E-state index in [-0.39, 0.29) is 25.2 Å². The van der Waals surface area contributed by atoms with Crippen molar-refractivity contribution in [2.75, 3.05) is 19.8 Å². The van der Waals surface area contributed by atoms with Crippen LogP contribution in [-0.4, -0.2) is 48.1 Å². The van der Waals surface area contributed by atoms with E-state index in [4.69, 9.17) is 14.6 Å². The molecule has 0 fully saturated rings. The zero-order valence-electron chi connectivity index (χ0n) is 28.3. The van der Waals surface area contributed by atoms with Crippen molar-refractivity contribution in [1.29, 1.82) is 0 Å². The van der Waals surface area contributed by atoms with E-state index in [1.807, 2.05) is 0 Å². The molecule has 6 nitrogen and oxygen atoms in total. The van der Waals surface area contributed by atoms with Gasteiger partial charge in [0, 0.05) is 19.4 Å². The molecule has 1 unspecified atom stereocenters. The van der Waals surface area contributed by atoms with Crippen molar-refractivity contribution in [2.45, 2.75) is 155 Å². The summed E-state index contributed by atoms with van der Waals surface area (Å²) in [6.07, 6.45) is 37.5. The average molecular weight is 619 g/mol. The largest absolute Gasteiger partial charge is 0.462 e. The zero-order chi connectivity index (χ0) is 32.4. The molecule has 0 rings (SSSR count). The van der Waals surface area contributed by atoms with Crippen LogP contribution in [0.25, 0.3) is 0 Å². The van der Waals surface area contributed by atoms with Gasteiger partial charge in [-0.2, -0.15) is 0 Å². The predicted octanol–water partition coefficient (Wildman–Crippen LogP) is 9.50. The van der Waals surface area contributed by atoms with Gasteiger partial charge >= 0.3 is 11.9 Å². The lowest BCUT2D eigenvalue weighted by molar-refractivity contribution is -0.161. The maximum Gasteiger partial charge on any atom is 0.306 e. The van der Waals surface area contributed by atoms with E-state index in [2.05, 4.69) is 62.5 Å². The van der Waals surface area contributed by atoms with Crippen LogP contribution in [0.2, 0.25) is 0 Å². The topological polar surface area (TPSA) is 93.1 Å². The van der Waals surface area contributed by atoms with E-state index in [1.165, 1.54) is 44.9 Å². The fourth-order valence-corrected chi connectivity index (χ4v) is 4.62. The minimum Gasteiger partial charge on any atom is -0.462 e. The summed E-state index contributed by atoms with van der Waals surface area (Å²) in [6, 6.07) is 0. The first-order valence-corrected chi connectivity index (χ1v) is 17.7. The van der Waals surface area contributed by atoms with Crippen molar-refractivity contribution in [1.82, 2.24) is 0 Å². The van der Waals surface area contributed by atoms with E-state index in [0.717, 1.165) is 76.5 Å². The number of aliphatic hydroxyl groups excluding tert-OH is 2. The number of ether oxygens (including phenoxy) is 2. The van der Waals surface area contributed by atoms with Crippen LogP contribution >= 0.6 is 0 Å². The lowest BCUT2D eigenvalue weighted by atomic mass is 9.99. The molecule has 0 radical (unpaired) electrons. The summed E-state index contributed by atoms with van der Waals surface area (Å²) in [7, 11) is 0. The number of rotatable bonds is 31. The molecule has 2 N–H and O–H groups in total. The number of hydrogen-bond acceptors (Lipinski definition) is 6. The summed E-state index contributed by atoms with van der Waals surface area (Å²) >= 11 is 0. The number of aliphatic hydroxyl groups is 2. The Hall–Kier alpha value is -2.18. The zero-order valence-corrected chi connectivity index (χ0v) is 28.3. The summed E-state index contributed by atoms with van der Waals surface area (Å²) in [5.74, 6) is 0.172. The molecule has 0 amide bonds. The monoisotopic (exact) mass is 618 g/mol. The Kier molecular flexibility index (Phi) is 32.0. The second kappa shape index (κ2) is 33.7. The molecule has 254 valence electrons. The number of hydrogen-bond donors (Lipinski definition) is 2. The fraction of sp³-hybridized carbons (Fsp3) is 0.737. The van der Waals surface area contributed by atoms with Crippen molar-refractivity contribution < 1.29 is 29.3 Å². The minimum absolute atomic E-state index is 0.102. The van der Waals surface area contributed by atoms with Crippen LogP contribution in [0.5, 0.6) is 0 Å². The second-order valence-electron chi connectivity index (χ2n) is 11.9. The highest BCUT2D eigenvalue weighted by Crippen LogP contribution is 2.15. The Morgan fingerprint density at radius 3 is 1.68 bits per heavy atom. The molecule has 2 atom stereocenters. The molecular weight excluding hydrogens is 552 g/mol. The first-order chi connectivity index (χ1) is 21.5. The summed E-state index contributed by atoms with van der Waals surface area (Å²) in [5.41, 5.74) is 0. The summed E-state index contributed by atoms with van der Waals surface area (Å²) < 4.78 is 10.5. The van der Waals surface area contributed by atoms with E-state index < -0.39 is 6.10 Å². The Bertz CT molecular complexity index is 769. The lowest BCUT2D eigenvalue weighted by Gasteiger charge is -2.15. The maximum absolute atomic E-state index is 12.1. The van der Waals surface area contributed by atoms with E-state index in [9.17, 15) is 14.7 Å². The van der Waals surface area contributed by atoms with Crippen molar-refractivity contribution in [3.8, 4) is 0 Å². The molecule has 0 spiro atoms. The predicted molar refractivity (Wildman–Crippen MR) is 183 cm³/mol. The normalized spacial score (nSPS) is 13.5. The van der Waals surface area contributed by atoms with Crippen LogP contribution in [0.15, 0.2) is 48.6 Å². The molecule has 6 heteroatoms. The SMILES string of the molecule is CCC(C)CCCCCCCCCCC(=O)O[C@@H](CO)COC(=O)CCC/C=C\C/C=C\C/C=C\C/C=C\CCCCCO. The van der Waals surface area contributed by atoms with Gasteiger partial charge in [-0.1, -0.05) is 127 Å². The lowest BCUT2D eigenvalue weighted by Crippen LogP contribution is -2.28. The second-order valence-corrected chi connectivity index (χ2v) is 11.9. The van der Waals surface area contributed by atoms with Gasteiger partial charge in [0.1, 0.15) is 6.61 Å². The molecule has 0 aliphatic rings. The van der Waals surface area contributed by atoms with E-state index in [1.54, 1.807) is 0 Å². The molecule has 0 aliphatic heterocycles. The van der Waals surface area contributed by atoms with Gasteiger partial charge in [-0.15, -0.1) is 0 Å². The minimum atomic E-state index is -0.798. The molecule has 0 heterocycles. The van der Waals surface area contributed by atoms with E-state index in [0.29, 0.717) is 25.9 Å². The van der Waals surface area contributed by atoms with E-state index >= 15 is 0 Å². The van der Waals surface area contributed by atoms with Crippen LogP contribution in [0.3, 0.4) is 0 Å². The highest BCUT2D eigenvalue weighted by molar-refractivity contribution is 5.70. The third-order valence-corrected chi connectivity index (χ3v) is 7.72. The fourth-order valence-electron chi connectivity index (χ4n) is 4.62. The standard InChI is InChI=1S/C38H66O6/c1-3-35(2)29-25-21-17-14-15-19-23-27-31-38(42)44-36(33-40)34-43-37(41)30-26-22-18-13-11-9-7-5-4-6-8-10-12-16-20-24-28-32-39/h4,6-7,9-10,12-13,18,35-36,39-40H,3,5,8,11,14-17,19-34H2,1-2H3/b6-4-,9-7-,12-10-,18-13-/t35?,36-/m0/s1. The highest BCUT2D eigenvalue weighted by Gasteiger charge is 2.16. The van der Waals surface area contributed by atoms with Gasteiger partial charge in [-0.05, 0) is 63.7 Å². The van der Waals surface area contributed by atoms with Gasteiger partial charge in [0.15, 0.2) is 6.10 Å². The molecule has 0 aliphatic carbocycles. The summed E-state index contributed by atoms with van der Waals surface area (Å²) in [5, 5.41) is 18.3. The smallest absolute Gasteiger partial charge is 0.306 e. The molecule has 0 saturated carbocycles. The van der Waals surface area contributed by atoms with Gasteiger partial charge in [0.05, 0.1) is 6.61 Å². The average Bonchev–Trinajstić information content (AvgIpc) is 3.03. The molecule has 0 saturated heterocycles. The van der Waals surface area contributed by atoms with Gasteiger partial charge in [0.25, 0.3) is 0 Å². The van der Waals surface area contributed by atoms with Gasteiger partial charge < -0.3 is 19.7 Å². The first-order valence-electron chi connectivity index (χ1n) is 17.7. The van der Waals surface area contributed by atoms with Gasteiger partial charge in [-0.25, -0.2) is 0 Å².